The second-order valence-corrected chi connectivity index (χ2v) is 6.65. The van der Waals surface area contributed by atoms with Crippen LogP contribution in [0.2, 0.25) is 0 Å². The molecule has 0 saturated heterocycles. The second kappa shape index (κ2) is 6.28. The van der Waals surface area contributed by atoms with Gasteiger partial charge in [-0.25, -0.2) is 4.98 Å². The van der Waals surface area contributed by atoms with Crippen LogP contribution in [-0.4, -0.2) is 20.4 Å². The van der Waals surface area contributed by atoms with Gasteiger partial charge >= 0.3 is 0 Å². The van der Waals surface area contributed by atoms with E-state index in [9.17, 15) is 9.90 Å². The van der Waals surface area contributed by atoms with Crippen LogP contribution < -0.4 is 5.32 Å². The summed E-state index contributed by atoms with van der Waals surface area (Å²) in [6.07, 6.45) is 2.52. The Balaban J connectivity index is 2.09. The fourth-order valence-corrected chi connectivity index (χ4v) is 3.34. The number of nitrogens with zero attached hydrogens (tertiary/aromatic N) is 2. The predicted octanol–water partition coefficient (Wildman–Crippen LogP) is 4.23. The van der Waals surface area contributed by atoms with Crippen molar-refractivity contribution in [1.82, 2.24) is 9.38 Å². The molecule has 1 aromatic carbocycles. The maximum absolute atomic E-state index is 12.8. The number of aryl methyl sites for hydroxylation is 3. The number of phenols is 1. The van der Waals surface area contributed by atoms with Crippen LogP contribution >= 0.6 is 15.9 Å². The third kappa shape index (κ3) is 2.89. The SMILES string of the molecule is CCc1nc2c(Br)cc(C)cn2c1C(=O)Nc1ccc(C)cc1O. The van der Waals surface area contributed by atoms with Crippen LogP contribution in [0.5, 0.6) is 5.75 Å². The van der Waals surface area contributed by atoms with Gasteiger partial charge in [0.05, 0.1) is 15.9 Å². The summed E-state index contributed by atoms with van der Waals surface area (Å²) in [6, 6.07) is 7.12. The Hall–Kier alpha value is -2.34. The molecule has 0 aliphatic heterocycles. The molecule has 2 N–H and O–H groups in total. The van der Waals surface area contributed by atoms with Crippen LogP contribution in [0.25, 0.3) is 5.65 Å². The van der Waals surface area contributed by atoms with Crippen LogP contribution in [0.1, 0.15) is 34.2 Å². The first-order valence-electron chi connectivity index (χ1n) is 7.68. The topological polar surface area (TPSA) is 66.6 Å². The number of aromatic hydroxyl groups is 1. The molecule has 0 radical (unpaired) electrons. The van der Waals surface area contributed by atoms with Gasteiger partial charge in [0.25, 0.3) is 5.91 Å². The Morgan fingerprint density at radius 1 is 1.29 bits per heavy atom. The minimum Gasteiger partial charge on any atom is -0.506 e. The molecule has 124 valence electrons. The van der Waals surface area contributed by atoms with Crippen LogP contribution in [-0.2, 0) is 6.42 Å². The molecular formula is C18H18BrN3O2. The summed E-state index contributed by atoms with van der Waals surface area (Å²) in [5.41, 5.74) is 4.23. The quantitative estimate of drug-likeness (QED) is 0.660. The van der Waals surface area contributed by atoms with Crippen LogP contribution in [0.3, 0.4) is 0 Å². The lowest BCUT2D eigenvalue weighted by molar-refractivity contribution is 0.102. The minimum absolute atomic E-state index is 0.0487. The van der Waals surface area contributed by atoms with E-state index < -0.39 is 0 Å². The molecule has 0 spiro atoms. The summed E-state index contributed by atoms with van der Waals surface area (Å²) in [7, 11) is 0. The lowest BCUT2D eigenvalue weighted by Crippen LogP contribution is -2.16. The lowest BCUT2D eigenvalue weighted by atomic mass is 10.2. The number of pyridine rings is 1. The number of hydrogen-bond acceptors (Lipinski definition) is 3. The number of rotatable bonds is 3. The molecule has 0 bridgehead atoms. The van der Waals surface area contributed by atoms with Crippen molar-refractivity contribution < 1.29 is 9.90 Å². The Kier molecular flexibility index (Phi) is 4.32. The maximum atomic E-state index is 12.8. The molecule has 0 saturated carbocycles. The summed E-state index contributed by atoms with van der Waals surface area (Å²) in [6.45, 7) is 5.80. The van der Waals surface area contributed by atoms with E-state index in [1.807, 2.05) is 39.1 Å². The fourth-order valence-electron chi connectivity index (χ4n) is 2.69. The summed E-state index contributed by atoms with van der Waals surface area (Å²) >= 11 is 3.50. The van der Waals surface area contributed by atoms with Crippen molar-refractivity contribution in [2.45, 2.75) is 27.2 Å². The first-order chi connectivity index (χ1) is 11.4. The highest BCUT2D eigenvalue weighted by Crippen LogP contribution is 2.27. The van der Waals surface area contributed by atoms with E-state index in [-0.39, 0.29) is 11.7 Å². The number of nitrogens with one attached hydrogen (secondary N) is 1. The normalized spacial score (nSPS) is 11.0. The van der Waals surface area contributed by atoms with Crippen LogP contribution in [0.15, 0.2) is 34.9 Å². The van der Waals surface area contributed by atoms with E-state index in [2.05, 4.69) is 26.2 Å². The van der Waals surface area contributed by atoms with Crippen molar-refractivity contribution in [2.24, 2.45) is 0 Å². The van der Waals surface area contributed by atoms with Gasteiger partial charge in [0.1, 0.15) is 11.4 Å². The zero-order valence-electron chi connectivity index (χ0n) is 13.7. The van der Waals surface area contributed by atoms with Crippen molar-refractivity contribution in [3.63, 3.8) is 0 Å². The van der Waals surface area contributed by atoms with Gasteiger partial charge in [0.2, 0.25) is 0 Å². The zero-order valence-corrected chi connectivity index (χ0v) is 15.3. The lowest BCUT2D eigenvalue weighted by Gasteiger charge is -2.09. The average molecular weight is 388 g/mol. The van der Waals surface area contributed by atoms with Crippen LogP contribution in [0, 0.1) is 13.8 Å². The number of carbonyl (C=O) groups is 1. The molecular weight excluding hydrogens is 370 g/mol. The van der Waals surface area contributed by atoms with E-state index in [1.165, 1.54) is 0 Å². The molecule has 0 fully saturated rings. The number of phenolic OH excluding ortho intramolecular Hbond substituents is 1. The van der Waals surface area contributed by atoms with Gasteiger partial charge in [-0.3, -0.25) is 9.20 Å². The highest BCUT2D eigenvalue weighted by atomic mass is 79.9. The van der Waals surface area contributed by atoms with E-state index >= 15 is 0 Å². The average Bonchev–Trinajstić information content (AvgIpc) is 2.88. The van der Waals surface area contributed by atoms with Crippen molar-refractivity contribution in [2.75, 3.05) is 5.32 Å². The standard InChI is InChI=1S/C18H18BrN3O2/c1-4-13-16(22-9-11(3)7-12(19)17(22)20-13)18(24)21-14-6-5-10(2)8-15(14)23/h5-9,23H,4H2,1-3H3,(H,21,24). The van der Waals surface area contributed by atoms with Gasteiger partial charge in [-0.2, -0.15) is 0 Å². The summed E-state index contributed by atoms with van der Waals surface area (Å²) in [5.74, 6) is -0.247. The second-order valence-electron chi connectivity index (χ2n) is 5.79. The molecule has 5 nitrogen and oxygen atoms in total. The molecule has 24 heavy (non-hydrogen) atoms. The summed E-state index contributed by atoms with van der Waals surface area (Å²) < 4.78 is 2.63. The van der Waals surface area contributed by atoms with Crippen molar-refractivity contribution >= 4 is 33.2 Å². The first-order valence-corrected chi connectivity index (χ1v) is 8.48. The zero-order chi connectivity index (χ0) is 17.4. The Bertz CT molecular complexity index is 947. The monoisotopic (exact) mass is 387 g/mol. The van der Waals surface area contributed by atoms with E-state index in [4.69, 9.17) is 0 Å². The third-order valence-electron chi connectivity index (χ3n) is 3.84. The smallest absolute Gasteiger partial charge is 0.274 e. The molecule has 2 aromatic heterocycles. The van der Waals surface area contributed by atoms with Gasteiger partial charge < -0.3 is 10.4 Å². The number of halogens is 1. The van der Waals surface area contributed by atoms with E-state index in [0.29, 0.717) is 29.1 Å². The largest absolute Gasteiger partial charge is 0.506 e. The van der Waals surface area contributed by atoms with Crippen molar-refractivity contribution in [1.29, 1.82) is 0 Å². The summed E-state index contributed by atoms with van der Waals surface area (Å²) in [5, 5.41) is 12.8. The Morgan fingerprint density at radius 3 is 2.71 bits per heavy atom. The number of benzene rings is 1. The molecule has 0 aliphatic rings. The predicted molar refractivity (Wildman–Crippen MR) is 97.8 cm³/mol. The molecule has 6 heteroatoms. The van der Waals surface area contributed by atoms with Gasteiger partial charge in [0, 0.05) is 6.20 Å². The Labute approximate surface area is 148 Å². The highest BCUT2D eigenvalue weighted by Gasteiger charge is 2.20. The minimum atomic E-state index is -0.295. The molecule has 3 rings (SSSR count). The van der Waals surface area contributed by atoms with E-state index in [0.717, 1.165) is 15.6 Å². The summed E-state index contributed by atoms with van der Waals surface area (Å²) in [4.78, 5) is 17.4. The van der Waals surface area contributed by atoms with Crippen molar-refractivity contribution in [3.05, 3.63) is 57.4 Å². The fraction of sp³-hybridized carbons (Fsp3) is 0.222. The first kappa shape index (κ1) is 16.5. The van der Waals surface area contributed by atoms with Gasteiger partial charge in [-0.05, 0) is 65.5 Å². The van der Waals surface area contributed by atoms with E-state index in [1.54, 1.807) is 16.5 Å². The maximum Gasteiger partial charge on any atom is 0.274 e. The highest BCUT2D eigenvalue weighted by molar-refractivity contribution is 9.10. The van der Waals surface area contributed by atoms with Crippen LogP contribution in [0.4, 0.5) is 5.69 Å². The number of aromatic nitrogens is 2. The molecule has 3 aromatic rings. The molecule has 0 atom stereocenters. The van der Waals surface area contributed by atoms with Gasteiger partial charge in [-0.15, -0.1) is 0 Å². The molecule has 2 heterocycles. The number of anilines is 1. The number of carbonyl (C=O) groups excluding carboxylic acids is 1. The van der Waals surface area contributed by atoms with Gasteiger partial charge in [-0.1, -0.05) is 13.0 Å². The number of hydrogen-bond donors (Lipinski definition) is 2. The van der Waals surface area contributed by atoms with Crippen molar-refractivity contribution in [3.8, 4) is 5.75 Å². The Morgan fingerprint density at radius 2 is 2.04 bits per heavy atom. The third-order valence-corrected chi connectivity index (χ3v) is 4.42. The van der Waals surface area contributed by atoms with Gasteiger partial charge in [0.15, 0.2) is 5.65 Å². The molecule has 0 unspecified atom stereocenters. The number of amides is 1. The molecule has 0 aliphatic carbocycles. The number of imidazole rings is 1. The number of fused-ring (bicyclic) bond motifs is 1. The molecule has 1 amide bonds.